The number of fused-ring (bicyclic) bond motifs is 1. The van der Waals surface area contributed by atoms with Gasteiger partial charge in [-0.15, -0.1) is 0 Å². The number of aromatic nitrogens is 3. The predicted octanol–water partition coefficient (Wildman–Crippen LogP) is 3.03. The highest BCUT2D eigenvalue weighted by Gasteiger charge is 2.07. The van der Waals surface area contributed by atoms with Crippen LogP contribution in [0.3, 0.4) is 0 Å². The van der Waals surface area contributed by atoms with Crippen LogP contribution in [-0.4, -0.2) is 27.3 Å². The molecule has 0 aliphatic carbocycles. The Morgan fingerprint density at radius 1 is 1.28 bits per heavy atom. The Hall–Kier alpha value is -3.09. The molecule has 3 N–H and O–H groups in total. The lowest BCUT2D eigenvalue weighted by Crippen LogP contribution is -2.28. The monoisotopic (exact) mass is 338 g/mol. The fourth-order valence-electron chi connectivity index (χ4n) is 2.74. The molecule has 0 atom stereocenters. The number of carbonyl (C=O) groups is 1. The lowest BCUT2D eigenvalue weighted by atomic mass is 10.1. The van der Waals surface area contributed by atoms with Gasteiger partial charge in [0.25, 0.3) is 0 Å². The molecule has 0 unspecified atom stereocenters. The fraction of sp³-hybridized carbons (Fsp3) is 0.278. The van der Waals surface area contributed by atoms with E-state index >= 15 is 0 Å². The molecule has 2 amide bonds. The maximum atomic E-state index is 11.6. The molecule has 0 radical (unpaired) electrons. The van der Waals surface area contributed by atoms with Crippen molar-refractivity contribution in [3.8, 4) is 0 Å². The summed E-state index contributed by atoms with van der Waals surface area (Å²) in [6.07, 6.45) is 1.79. The highest BCUT2D eigenvalue weighted by atomic mass is 16.2. The number of hydrogen-bond donors (Lipinski definition) is 3. The summed E-state index contributed by atoms with van der Waals surface area (Å²) in [6, 6.07) is 9.72. The van der Waals surface area contributed by atoms with Crippen molar-refractivity contribution >= 4 is 28.4 Å². The van der Waals surface area contributed by atoms with Crippen molar-refractivity contribution in [1.82, 2.24) is 20.1 Å². The SMILES string of the molecule is CCNC(=O)Nc1cc2cccc(CNc3cc(C)nn3C)c2cn1. The van der Waals surface area contributed by atoms with Crippen LogP contribution in [0.1, 0.15) is 18.2 Å². The lowest BCUT2D eigenvalue weighted by Gasteiger charge is -2.11. The fourth-order valence-corrected chi connectivity index (χ4v) is 2.74. The minimum atomic E-state index is -0.251. The number of nitrogens with one attached hydrogen (secondary N) is 3. The number of anilines is 2. The Morgan fingerprint density at radius 2 is 2.12 bits per heavy atom. The van der Waals surface area contributed by atoms with Crippen molar-refractivity contribution in [2.24, 2.45) is 7.05 Å². The zero-order valence-corrected chi connectivity index (χ0v) is 14.6. The first-order valence-corrected chi connectivity index (χ1v) is 8.24. The first-order chi connectivity index (χ1) is 12.1. The minimum Gasteiger partial charge on any atom is -0.366 e. The van der Waals surface area contributed by atoms with E-state index in [1.54, 1.807) is 6.20 Å². The second-order valence-electron chi connectivity index (χ2n) is 5.84. The molecule has 7 heteroatoms. The molecule has 7 nitrogen and oxygen atoms in total. The van der Waals surface area contributed by atoms with Crippen molar-refractivity contribution in [2.45, 2.75) is 20.4 Å². The van der Waals surface area contributed by atoms with Gasteiger partial charge in [0.05, 0.1) is 5.69 Å². The summed E-state index contributed by atoms with van der Waals surface area (Å²) in [4.78, 5) is 16.0. The number of nitrogens with zero attached hydrogens (tertiary/aromatic N) is 3. The van der Waals surface area contributed by atoms with Crippen LogP contribution in [0.2, 0.25) is 0 Å². The van der Waals surface area contributed by atoms with Gasteiger partial charge in [-0.3, -0.25) is 10.00 Å². The van der Waals surface area contributed by atoms with E-state index in [1.165, 1.54) is 0 Å². The Kier molecular flexibility index (Phi) is 4.83. The molecule has 3 rings (SSSR count). The highest BCUT2D eigenvalue weighted by molar-refractivity contribution is 5.92. The molecule has 25 heavy (non-hydrogen) atoms. The van der Waals surface area contributed by atoms with Gasteiger partial charge in [-0.05, 0) is 30.9 Å². The largest absolute Gasteiger partial charge is 0.366 e. The third-order valence-corrected chi connectivity index (χ3v) is 3.90. The molecular formula is C18H22N6O. The summed E-state index contributed by atoms with van der Waals surface area (Å²) in [5.74, 6) is 1.50. The summed E-state index contributed by atoms with van der Waals surface area (Å²) >= 11 is 0. The second-order valence-corrected chi connectivity index (χ2v) is 5.84. The molecule has 0 aliphatic heterocycles. The van der Waals surface area contributed by atoms with Crippen LogP contribution < -0.4 is 16.0 Å². The van der Waals surface area contributed by atoms with E-state index in [1.807, 2.05) is 49.8 Å². The first kappa shape index (κ1) is 16.8. The summed E-state index contributed by atoms with van der Waals surface area (Å²) in [5, 5.41) is 15.2. The van der Waals surface area contributed by atoms with Gasteiger partial charge in [0.1, 0.15) is 11.6 Å². The van der Waals surface area contributed by atoms with E-state index in [4.69, 9.17) is 0 Å². The maximum absolute atomic E-state index is 11.6. The summed E-state index contributed by atoms with van der Waals surface area (Å²) < 4.78 is 1.83. The van der Waals surface area contributed by atoms with Gasteiger partial charge in [0, 0.05) is 37.8 Å². The molecule has 0 fully saturated rings. The number of urea groups is 1. The normalized spacial score (nSPS) is 10.7. The zero-order valence-electron chi connectivity index (χ0n) is 14.6. The van der Waals surface area contributed by atoms with Gasteiger partial charge >= 0.3 is 6.03 Å². The molecule has 2 aromatic heterocycles. The third kappa shape index (κ3) is 3.88. The lowest BCUT2D eigenvalue weighted by molar-refractivity contribution is 0.252. The first-order valence-electron chi connectivity index (χ1n) is 8.24. The molecule has 0 spiro atoms. The molecular weight excluding hydrogens is 316 g/mol. The van der Waals surface area contributed by atoms with E-state index < -0.39 is 0 Å². The van der Waals surface area contributed by atoms with Crippen molar-refractivity contribution in [3.05, 3.63) is 47.8 Å². The standard InChI is InChI=1S/C18H22N6O/c1-4-19-18(25)22-16-9-13-6-5-7-14(15(13)11-20-16)10-21-17-8-12(2)23-24(17)3/h5-9,11,21H,4,10H2,1-3H3,(H2,19,20,22,25). The molecule has 1 aromatic carbocycles. The smallest absolute Gasteiger partial charge is 0.320 e. The Labute approximate surface area is 146 Å². The summed E-state index contributed by atoms with van der Waals surface area (Å²) in [6.45, 7) is 5.08. The average Bonchev–Trinajstić information content (AvgIpc) is 2.90. The van der Waals surface area contributed by atoms with Crippen LogP contribution in [0.5, 0.6) is 0 Å². The molecule has 0 bridgehead atoms. The highest BCUT2D eigenvalue weighted by Crippen LogP contribution is 2.22. The molecule has 130 valence electrons. The van der Waals surface area contributed by atoms with Gasteiger partial charge in [0.15, 0.2) is 0 Å². The van der Waals surface area contributed by atoms with Crippen LogP contribution in [-0.2, 0) is 13.6 Å². The number of benzene rings is 1. The number of carbonyl (C=O) groups excluding carboxylic acids is 1. The summed E-state index contributed by atoms with van der Waals surface area (Å²) in [5.41, 5.74) is 2.11. The average molecular weight is 338 g/mol. The van der Waals surface area contributed by atoms with Crippen molar-refractivity contribution in [2.75, 3.05) is 17.2 Å². The number of rotatable bonds is 5. The molecule has 0 saturated carbocycles. The Bertz CT molecular complexity index is 902. The van der Waals surface area contributed by atoms with Gasteiger partial charge < -0.3 is 10.6 Å². The topological polar surface area (TPSA) is 83.9 Å². The van der Waals surface area contributed by atoms with E-state index in [0.29, 0.717) is 18.9 Å². The van der Waals surface area contributed by atoms with Crippen LogP contribution in [0.4, 0.5) is 16.4 Å². The number of pyridine rings is 1. The number of hydrogen-bond acceptors (Lipinski definition) is 4. The van der Waals surface area contributed by atoms with Crippen molar-refractivity contribution < 1.29 is 4.79 Å². The van der Waals surface area contributed by atoms with Gasteiger partial charge in [-0.1, -0.05) is 18.2 Å². The molecule has 2 heterocycles. The van der Waals surface area contributed by atoms with E-state index in [2.05, 4.69) is 32.1 Å². The van der Waals surface area contributed by atoms with Crippen molar-refractivity contribution in [1.29, 1.82) is 0 Å². The molecule has 0 saturated heterocycles. The Morgan fingerprint density at radius 3 is 2.84 bits per heavy atom. The Balaban J connectivity index is 1.79. The zero-order chi connectivity index (χ0) is 17.8. The quantitative estimate of drug-likeness (QED) is 0.668. The van der Waals surface area contributed by atoms with E-state index in [-0.39, 0.29) is 6.03 Å². The van der Waals surface area contributed by atoms with Crippen LogP contribution in [0, 0.1) is 6.92 Å². The van der Waals surface area contributed by atoms with Gasteiger partial charge in [-0.2, -0.15) is 5.10 Å². The second kappa shape index (κ2) is 7.21. The molecule has 0 aliphatic rings. The van der Waals surface area contributed by atoms with Crippen LogP contribution in [0.25, 0.3) is 10.8 Å². The van der Waals surface area contributed by atoms with E-state index in [9.17, 15) is 4.79 Å². The molecule has 3 aromatic rings. The summed E-state index contributed by atoms with van der Waals surface area (Å²) in [7, 11) is 1.92. The number of aryl methyl sites for hydroxylation is 2. The maximum Gasteiger partial charge on any atom is 0.320 e. The van der Waals surface area contributed by atoms with Crippen LogP contribution in [0.15, 0.2) is 36.5 Å². The van der Waals surface area contributed by atoms with Crippen LogP contribution >= 0.6 is 0 Å². The van der Waals surface area contributed by atoms with E-state index in [0.717, 1.165) is 27.8 Å². The van der Waals surface area contributed by atoms with Crippen molar-refractivity contribution in [3.63, 3.8) is 0 Å². The number of amides is 2. The van der Waals surface area contributed by atoms with Gasteiger partial charge in [0.2, 0.25) is 0 Å². The third-order valence-electron chi connectivity index (χ3n) is 3.90. The predicted molar refractivity (Wildman–Crippen MR) is 99.7 cm³/mol. The minimum absolute atomic E-state index is 0.251. The van der Waals surface area contributed by atoms with Gasteiger partial charge in [-0.25, -0.2) is 9.78 Å².